The van der Waals surface area contributed by atoms with Crippen molar-refractivity contribution in [2.45, 2.75) is 17.1 Å². The first kappa shape index (κ1) is 20.4. The van der Waals surface area contributed by atoms with Crippen LogP contribution in [-0.4, -0.2) is 31.2 Å². The number of carbonyl (C=O) groups excluding carboxylic acids is 2. The predicted octanol–water partition coefficient (Wildman–Crippen LogP) is 4.65. The van der Waals surface area contributed by atoms with E-state index in [0.717, 1.165) is 0 Å². The van der Waals surface area contributed by atoms with Crippen molar-refractivity contribution in [3.63, 3.8) is 0 Å². The molecular weight excluding hydrogens is 410 g/mol. The number of amides is 2. The zero-order chi connectivity index (χ0) is 20.3. The third-order valence-corrected chi connectivity index (χ3v) is 5.31. The highest BCUT2D eigenvalue weighted by atomic mass is 35.5. The van der Waals surface area contributed by atoms with Crippen molar-refractivity contribution >= 4 is 46.6 Å². The van der Waals surface area contributed by atoms with Crippen LogP contribution in [0.5, 0.6) is 5.75 Å². The minimum Gasteiger partial charge on any atom is -0.495 e. The molecule has 0 radical (unpaired) electrons. The molecule has 3 rings (SSSR count). The normalized spacial score (nSPS) is 16.5. The van der Waals surface area contributed by atoms with Gasteiger partial charge in [-0.25, -0.2) is 0 Å². The molecule has 1 N–H and O–H groups in total. The van der Waals surface area contributed by atoms with Gasteiger partial charge < -0.3 is 15.0 Å². The summed E-state index contributed by atoms with van der Waals surface area (Å²) in [5, 5.41) is 3.10. The van der Waals surface area contributed by atoms with E-state index in [1.165, 1.54) is 18.1 Å². The molecular formula is C19H17ClF2N2O3S. The zero-order valence-corrected chi connectivity index (χ0v) is 16.4. The van der Waals surface area contributed by atoms with Crippen molar-refractivity contribution in [3.8, 4) is 5.75 Å². The summed E-state index contributed by atoms with van der Waals surface area (Å²) < 4.78 is 30.7. The molecule has 0 spiro atoms. The average molecular weight is 427 g/mol. The minimum absolute atomic E-state index is 0.00561. The van der Waals surface area contributed by atoms with E-state index in [1.54, 1.807) is 36.4 Å². The second-order valence-electron chi connectivity index (χ2n) is 6.09. The fourth-order valence-corrected chi connectivity index (χ4v) is 3.76. The van der Waals surface area contributed by atoms with E-state index in [9.17, 15) is 18.4 Å². The minimum atomic E-state index is -2.60. The van der Waals surface area contributed by atoms with Gasteiger partial charge in [-0.1, -0.05) is 35.5 Å². The van der Waals surface area contributed by atoms with E-state index in [-0.39, 0.29) is 23.8 Å². The number of alkyl halides is 2. The van der Waals surface area contributed by atoms with E-state index >= 15 is 0 Å². The Labute approximate surface area is 170 Å². The van der Waals surface area contributed by atoms with Gasteiger partial charge in [0.1, 0.15) is 5.75 Å². The van der Waals surface area contributed by atoms with Gasteiger partial charge in [-0.05, 0) is 30.3 Å². The third kappa shape index (κ3) is 4.56. The van der Waals surface area contributed by atoms with Crippen molar-refractivity contribution in [1.82, 2.24) is 0 Å². The van der Waals surface area contributed by atoms with Crippen LogP contribution in [-0.2, 0) is 9.59 Å². The molecule has 5 nitrogen and oxygen atoms in total. The van der Waals surface area contributed by atoms with Gasteiger partial charge >= 0.3 is 0 Å². The highest BCUT2D eigenvalue weighted by molar-refractivity contribution is 7.99. The van der Waals surface area contributed by atoms with Crippen LogP contribution in [0.1, 0.15) is 6.42 Å². The third-order valence-electron chi connectivity index (χ3n) is 4.29. The number of nitrogens with zero attached hydrogens (tertiary/aromatic N) is 1. The van der Waals surface area contributed by atoms with Gasteiger partial charge in [0.25, 0.3) is 5.76 Å². The molecule has 1 aliphatic heterocycles. The Bertz CT molecular complexity index is 897. The van der Waals surface area contributed by atoms with Crippen molar-refractivity contribution in [3.05, 3.63) is 47.5 Å². The lowest BCUT2D eigenvalue weighted by Gasteiger charge is -2.20. The van der Waals surface area contributed by atoms with Crippen LogP contribution >= 0.6 is 23.4 Å². The summed E-state index contributed by atoms with van der Waals surface area (Å²) in [7, 11) is 1.48. The van der Waals surface area contributed by atoms with Gasteiger partial charge in [0, 0.05) is 22.9 Å². The lowest BCUT2D eigenvalue weighted by atomic mass is 10.1. The first-order valence-electron chi connectivity index (χ1n) is 8.37. The topological polar surface area (TPSA) is 58.6 Å². The number of ether oxygens (including phenoxy) is 1. The van der Waals surface area contributed by atoms with Crippen molar-refractivity contribution in [2.75, 3.05) is 23.9 Å². The molecule has 0 saturated carbocycles. The van der Waals surface area contributed by atoms with Gasteiger partial charge in [-0.2, -0.15) is 8.78 Å². The Morgan fingerprint density at radius 2 is 2.07 bits per heavy atom. The summed E-state index contributed by atoms with van der Waals surface area (Å²) in [5.41, 5.74) is 0.785. The maximum absolute atomic E-state index is 12.7. The van der Waals surface area contributed by atoms with Crippen LogP contribution in [0, 0.1) is 5.92 Å². The summed E-state index contributed by atoms with van der Waals surface area (Å²) in [6.45, 7) is 0.144. The molecule has 0 aromatic heterocycles. The van der Waals surface area contributed by atoms with E-state index < -0.39 is 17.6 Å². The molecule has 1 unspecified atom stereocenters. The molecule has 0 aliphatic carbocycles. The summed E-state index contributed by atoms with van der Waals surface area (Å²) in [5.74, 6) is -3.40. The fourth-order valence-electron chi connectivity index (χ4n) is 2.99. The molecule has 1 aliphatic rings. The van der Waals surface area contributed by atoms with Gasteiger partial charge in [0.05, 0.1) is 24.4 Å². The average Bonchev–Trinajstić information content (AvgIpc) is 3.04. The first-order valence-corrected chi connectivity index (χ1v) is 9.63. The van der Waals surface area contributed by atoms with Crippen molar-refractivity contribution in [2.24, 2.45) is 5.92 Å². The van der Waals surface area contributed by atoms with Crippen molar-refractivity contribution in [1.29, 1.82) is 0 Å². The molecule has 1 atom stereocenters. The van der Waals surface area contributed by atoms with Gasteiger partial charge in [-0.3, -0.25) is 9.59 Å². The van der Waals surface area contributed by atoms with Gasteiger partial charge in [0.15, 0.2) is 0 Å². The van der Waals surface area contributed by atoms with Crippen LogP contribution in [0.2, 0.25) is 5.02 Å². The lowest BCUT2D eigenvalue weighted by molar-refractivity contribution is -0.122. The molecule has 2 amide bonds. The maximum atomic E-state index is 12.7. The SMILES string of the molecule is COc1ccc(Cl)cc1N1CC(C(=O)Nc2ccccc2SC(F)F)CC1=O. The number of nitrogens with one attached hydrogen (secondary N) is 1. The number of rotatable bonds is 6. The zero-order valence-electron chi connectivity index (χ0n) is 14.8. The summed E-state index contributed by atoms with van der Waals surface area (Å²) in [6, 6.07) is 11.2. The second-order valence-corrected chi connectivity index (χ2v) is 7.55. The fraction of sp³-hybridized carbons (Fsp3) is 0.263. The van der Waals surface area contributed by atoms with Crippen LogP contribution in [0.4, 0.5) is 20.2 Å². The molecule has 1 fully saturated rings. The number of hydrogen-bond acceptors (Lipinski definition) is 4. The standard InChI is InChI=1S/C19H17ClF2N2O3S/c1-27-15-7-6-12(20)9-14(15)24-10-11(8-17(24)25)18(26)23-13-4-2-3-5-16(13)28-19(21)22/h2-7,9,11,19H,8,10H2,1H3,(H,23,26). The number of para-hydroxylation sites is 1. The summed E-state index contributed by atoms with van der Waals surface area (Å²) in [4.78, 5) is 26.9. The molecule has 9 heteroatoms. The molecule has 28 heavy (non-hydrogen) atoms. The van der Waals surface area contributed by atoms with E-state index in [0.29, 0.717) is 33.9 Å². The molecule has 0 bridgehead atoms. The second kappa shape index (κ2) is 8.79. The smallest absolute Gasteiger partial charge is 0.288 e. The molecule has 2 aromatic carbocycles. The van der Waals surface area contributed by atoms with Gasteiger partial charge in [0.2, 0.25) is 11.8 Å². The van der Waals surface area contributed by atoms with E-state index in [1.807, 2.05) is 0 Å². The van der Waals surface area contributed by atoms with Crippen molar-refractivity contribution < 1.29 is 23.1 Å². The van der Waals surface area contributed by atoms with Crippen LogP contribution in [0.25, 0.3) is 0 Å². The molecule has 148 valence electrons. The van der Waals surface area contributed by atoms with Crippen LogP contribution < -0.4 is 15.0 Å². The van der Waals surface area contributed by atoms with Gasteiger partial charge in [-0.15, -0.1) is 0 Å². The number of benzene rings is 2. The molecule has 1 heterocycles. The lowest BCUT2D eigenvalue weighted by Crippen LogP contribution is -2.28. The highest BCUT2D eigenvalue weighted by Gasteiger charge is 2.36. The van der Waals surface area contributed by atoms with Crippen LogP contribution in [0.3, 0.4) is 0 Å². The largest absolute Gasteiger partial charge is 0.495 e. The summed E-state index contributed by atoms with van der Waals surface area (Å²) in [6.07, 6.45) is 0.00561. The number of hydrogen-bond donors (Lipinski definition) is 1. The maximum Gasteiger partial charge on any atom is 0.288 e. The Balaban J connectivity index is 1.76. The van der Waals surface area contributed by atoms with Crippen LogP contribution in [0.15, 0.2) is 47.4 Å². The summed E-state index contributed by atoms with van der Waals surface area (Å²) >= 11 is 6.39. The first-order chi connectivity index (χ1) is 13.4. The Morgan fingerprint density at radius 1 is 1.32 bits per heavy atom. The van der Waals surface area contributed by atoms with E-state index in [2.05, 4.69) is 5.32 Å². The number of halogens is 3. The Hall–Kier alpha value is -2.32. The monoisotopic (exact) mass is 426 g/mol. The quantitative estimate of drug-likeness (QED) is 0.683. The Morgan fingerprint density at radius 3 is 2.79 bits per heavy atom. The number of thioether (sulfide) groups is 1. The van der Waals surface area contributed by atoms with E-state index in [4.69, 9.17) is 16.3 Å². The number of anilines is 2. The molecule has 1 saturated heterocycles. The number of carbonyl (C=O) groups is 2. The number of methoxy groups -OCH3 is 1. The predicted molar refractivity (Wildman–Crippen MR) is 105 cm³/mol. The highest BCUT2D eigenvalue weighted by Crippen LogP contribution is 2.36. The Kier molecular flexibility index (Phi) is 6.41. The molecule has 2 aromatic rings.